The van der Waals surface area contributed by atoms with Gasteiger partial charge in [0.1, 0.15) is 0 Å². The van der Waals surface area contributed by atoms with Gasteiger partial charge in [-0.3, -0.25) is 4.68 Å². The van der Waals surface area contributed by atoms with E-state index in [4.69, 9.17) is 0 Å². The molecular formula is C13H23N3S. The summed E-state index contributed by atoms with van der Waals surface area (Å²) in [6, 6.07) is 2.23. The van der Waals surface area contributed by atoms with E-state index in [2.05, 4.69) is 41.3 Å². The van der Waals surface area contributed by atoms with E-state index in [-0.39, 0.29) is 0 Å². The van der Waals surface area contributed by atoms with Crippen molar-refractivity contribution in [2.24, 2.45) is 0 Å². The maximum Gasteiger partial charge on any atom is 0.0625 e. The first-order valence-corrected chi connectivity index (χ1v) is 7.77. The second-order valence-corrected chi connectivity index (χ2v) is 6.06. The Hall–Kier alpha value is -0.480. The van der Waals surface area contributed by atoms with E-state index in [1.54, 1.807) is 0 Å². The van der Waals surface area contributed by atoms with Crippen LogP contribution >= 0.6 is 11.8 Å². The fraction of sp³-hybridized carbons (Fsp3) is 0.769. The lowest BCUT2D eigenvalue weighted by Crippen LogP contribution is -2.26. The molecule has 1 aliphatic rings. The zero-order valence-electron chi connectivity index (χ0n) is 11.1. The van der Waals surface area contributed by atoms with Crippen LogP contribution in [-0.2, 0) is 19.5 Å². The van der Waals surface area contributed by atoms with E-state index in [0.717, 1.165) is 26.1 Å². The van der Waals surface area contributed by atoms with Crippen LogP contribution in [0.5, 0.6) is 0 Å². The molecule has 1 heterocycles. The number of thioether (sulfide) groups is 1. The van der Waals surface area contributed by atoms with Gasteiger partial charge < -0.3 is 5.32 Å². The molecule has 2 rings (SSSR count). The third-order valence-electron chi connectivity index (χ3n) is 3.57. The number of aromatic nitrogens is 2. The van der Waals surface area contributed by atoms with Gasteiger partial charge >= 0.3 is 0 Å². The molecule has 0 atom stereocenters. The number of nitrogens with zero attached hydrogens (tertiary/aromatic N) is 2. The van der Waals surface area contributed by atoms with Crippen LogP contribution in [0, 0.1) is 0 Å². The third-order valence-corrected chi connectivity index (χ3v) is 4.99. The van der Waals surface area contributed by atoms with Gasteiger partial charge in [-0.15, -0.1) is 0 Å². The summed E-state index contributed by atoms with van der Waals surface area (Å²) in [4.78, 5) is 0. The molecule has 96 valence electrons. The predicted octanol–water partition coefficient (Wildman–Crippen LogP) is 2.45. The van der Waals surface area contributed by atoms with Crippen LogP contribution in [0.25, 0.3) is 0 Å². The molecule has 0 unspecified atom stereocenters. The highest BCUT2D eigenvalue weighted by atomic mass is 32.2. The molecule has 0 saturated heterocycles. The minimum absolute atomic E-state index is 0.546. The summed E-state index contributed by atoms with van der Waals surface area (Å²) in [5, 5.41) is 8.16. The summed E-state index contributed by atoms with van der Waals surface area (Å²) in [6.45, 7) is 7.35. The molecule has 1 saturated carbocycles. The number of aryl methyl sites for hydroxylation is 2. The van der Waals surface area contributed by atoms with Gasteiger partial charge in [-0.1, -0.05) is 6.92 Å². The van der Waals surface area contributed by atoms with E-state index in [0.29, 0.717) is 4.75 Å². The zero-order chi connectivity index (χ0) is 12.3. The van der Waals surface area contributed by atoms with Crippen molar-refractivity contribution in [1.82, 2.24) is 15.1 Å². The van der Waals surface area contributed by atoms with E-state index >= 15 is 0 Å². The predicted molar refractivity (Wildman–Crippen MR) is 74.5 cm³/mol. The van der Waals surface area contributed by atoms with Gasteiger partial charge in [0, 0.05) is 24.4 Å². The van der Waals surface area contributed by atoms with Crippen LogP contribution in [0.15, 0.2) is 6.07 Å². The van der Waals surface area contributed by atoms with E-state index in [1.807, 2.05) is 11.8 Å². The van der Waals surface area contributed by atoms with Crippen LogP contribution in [0.3, 0.4) is 0 Å². The van der Waals surface area contributed by atoms with Crippen molar-refractivity contribution in [3.05, 3.63) is 17.5 Å². The highest BCUT2D eigenvalue weighted by Crippen LogP contribution is 2.46. The Kier molecular flexibility index (Phi) is 4.15. The minimum atomic E-state index is 0.546. The van der Waals surface area contributed by atoms with Gasteiger partial charge in [-0.05, 0) is 38.5 Å². The first-order valence-electron chi connectivity index (χ1n) is 6.54. The Balaban J connectivity index is 1.87. The monoisotopic (exact) mass is 253 g/mol. The lowest BCUT2D eigenvalue weighted by molar-refractivity contribution is 0.573. The van der Waals surface area contributed by atoms with Gasteiger partial charge in [0.05, 0.1) is 11.4 Å². The van der Waals surface area contributed by atoms with Crippen molar-refractivity contribution in [2.75, 3.05) is 12.8 Å². The number of nitrogens with one attached hydrogen (secondary N) is 1. The molecule has 1 fully saturated rings. The normalized spacial score (nSPS) is 17.4. The van der Waals surface area contributed by atoms with Crippen molar-refractivity contribution in [2.45, 2.75) is 50.9 Å². The number of hydrogen-bond donors (Lipinski definition) is 1. The summed E-state index contributed by atoms with van der Waals surface area (Å²) in [7, 11) is 0. The lowest BCUT2D eigenvalue weighted by Gasteiger charge is -2.13. The molecule has 17 heavy (non-hydrogen) atoms. The van der Waals surface area contributed by atoms with Gasteiger partial charge in [-0.2, -0.15) is 16.9 Å². The van der Waals surface area contributed by atoms with Gasteiger partial charge in [0.2, 0.25) is 0 Å². The van der Waals surface area contributed by atoms with Crippen molar-refractivity contribution in [1.29, 1.82) is 0 Å². The fourth-order valence-electron chi connectivity index (χ4n) is 2.11. The molecule has 3 nitrogen and oxygen atoms in total. The maximum absolute atomic E-state index is 4.57. The van der Waals surface area contributed by atoms with Crippen molar-refractivity contribution in [3.63, 3.8) is 0 Å². The first-order chi connectivity index (χ1) is 8.23. The first kappa shape index (κ1) is 13.0. The summed E-state index contributed by atoms with van der Waals surface area (Å²) in [5.74, 6) is 0. The number of rotatable bonds is 7. The van der Waals surface area contributed by atoms with E-state index in [1.165, 1.54) is 24.2 Å². The Bertz CT molecular complexity index is 369. The second-order valence-electron chi connectivity index (χ2n) is 4.79. The van der Waals surface area contributed by atoms with Crippen LogP contribution in [0.1, 0.15) is 38.1 Å². The molecule has 0 aromatic carbocycles. The molecule has 0 radical (unpaired) electrons. The minimum Gasteiger partial charge on any atom is -0.310 e. The van der Waals surface area contributed by atoms with Crippen LogP contribution in [0.2, 0.25) is 0 Å². The second kappa shape index (κ2) is 5.44. The highest BCUT2D eigenvalue weighted by molar-refractivity contribution is 8.00. The molecule has 0 amide bonds. The zero-order valence-corrected chi connectivity index (χ0v) is 11.9. The summed E-state index contributed by atoms with van der Waals surface area (Å²) in [5.41, 5.74) is 2.52. The Morgan fingerprint density at radius 2 is 2.24 bits per heavy atom. The fourth-order valence-corrected chi connectivity index (χ4v) is 2.87. The summed E-state index contributed by atoms with van der Waals surface area (Å²) in [6.07, 6.45) is 5.98. The summed E-state index contributed by atoms with van der Waals surface area (Å²) >= 11 is 2.01. The lowest BCUT2D eigenvalue weighted by atomic mass is 10.3. The van der Waals surface area contributed by atoms with Crippen LogP contribution in [0.4, 0.5) is 0 Å². The topological polar surface area (TPSA) is 29.9 Å². The maximum atomic E-state index is 4.57. The van der Waals surface area contributed by atoms with Gasteiger partial charge in [0.25, 0.3) is 0 Å². The van der Waals surface area contributed by atoms with Crippen molar-refractivity contribution >= 4 is 11.8 Å². The molecule has 0 aliphatic heterocycles. The summed E-state index contributed by atoms with van der Waals surface area (Å²) < 4.78 is 2.66. The van der Waals surface area contributed by atoms with Crippen molar-refractivity contribution < 1.29 is 0 Å². The Labute approximate surface area is 108 Å². The Morgan fingerprint density at radius 3 is 2.76 bits per heavy atom. The molecule has 0 spiro atoms. The number of hydrogen-bond acceptors (Lipinski definition) is 3. The quantitative estimate of drug-likeness (QED) is 0.809. The Morgan fingerprint density at radius 1 is 1.47 bits per heavy atom. The molecule has 1 aliphatic carbocycles. The smallest absolute Gasteiger partial charge is 0.0625 e. The largest absolute Gasteiger partial charge is 0.310 e. The molecular weight excluding hydrogens is 230 g/mol. The molecule has 1 aromatic heterocycles. The highest BCUT2D eigenvalue weighted by Gasteiger charge is 2.41. The average Bonchev–Trinajstić information content (AvgIpc) is 3.02. The third kappa shape index (κ3) is 3.05. The van der Waals surface area contributed by atoms with E-state index in [9.17, 15) is 0 Å². The molecule has 1 N–H and O–H groups in total. The molecule has 1 aromatic rings. The van der Waals surface area contributed by atoms with Gasteiger partial charge in [-0.25, -0.2) is 0 Å². The van der Waals surface area contributed by atoms with Crippen molar-refractivity contribution in [3.8, 4) is 0 Å². The molecule has 4 heteroatoms. The molecule has 0 bridgehead atoms. The standard InChI is InChI=1S/C13H23N3S/c1-4-11-8-12(16(5-2)15-11)9-14-10-13(17-3)6-7-13/h8,14H,4-7,9-10H2,1-3H3. The van der Waals surface area contributed by atoms with Crippen LogP contribution < -0.4 is 5.32 Å². The van der Waals surface area contributed by atoms with Gasteiger partial charge in [0.15, 0.2) is 0 Å². The SMILES string of the molecule is CCc1cc(CNCC2(SC)CC2)n(CC)n1. The van der Waals surface area contributed by atoms with E-state index < -0.39 is 0 Å². The van der Waals surface area contributed by atoms with Crippen LogP contribution in [-0.4, -0.2) is 27.3 Å². The average molecular weight is 253 g/mol.